The Balaban J connectivity index is 1.95. The zero-order chi connectivity index (χ0) is 16.3. The van der Waals surface area contributed by atoms with Gasteiger partial charge in [0.15, 0.2) is 0 Å². The molecule has 1 fully saturated rings. The Morgan fingerprint density at radius 1 is 1.55 bits per heavy atom. The maximum absolute atomic E-state index is 13.6. The van der Waals surface area contributed by atoms with Gasteiger partial charge in [0, 0.05) is 11.5 Å². The molecule has 1 aromatic rings. The van der Waals surface area contributed by atoms with Crippen LogP contribution in [0.3, 0.4) is 0 Å². The monoisotopic (exact) mass is 308 g/mol. The number of aliphatic hydroxyl groups is 1. The third-order valence-electron chi connectivity index (χ3n) is 4.79. The molecule has 0 radical (unpaired) electrons. The predicted molar refractivity (Wildman–Crippen MR) is 84.1 cm³/mol. The van der Waals surface area contributed by atoms with Gasteiger partial charge in [-0.2, -0.15) is 0 Å². The Labute approximate surface area is 131 Å². The molecule has 2 rings (SSSR count). The van der Waals surface area contributed by atoms with Gasteiger partial charge in [0.25, 0.3) is 0 Å². The summed E-state index contributed by atoms with van der Waals surface area (Å²) in [6.45, 7) is 5.59. The van der Waals surface area contributed by atoms with Gasteiger partial charge in [-0.1, -0.05) is 25.5 Å². The fourth-order valence-electron chi connectivity index (χ4n) is 3.03. The van der Waals surface area contributed by atoms with Gasteiger partial charge in [0.2, 0.25) is 0 Å². The SMILES string of the molecule is Cc1ccc(C(C)NC(=O)NC2CCCC2(C)CO)cc1F. The van der Waals surface area contributed by atoms with Crippen molar-refractivity contribution in [3.05, 3.63) is 35.1 Å². The number of carbonyl (C=O) groups excluding carboxylic acids is 1. The van der Waals surface area contributed by atoms with Crippen LogP contribution < -0.4 is 10.6 Å². The summed E-state index contributed by atoms with van der Waals surface area (Å²) in [5.74, 6) is -0.268. The first-order chi connectivity index (χ1) is 10.4. The highest BCUT2D eigenvalue weighted by Crippen LogP contribution is 2.37. The molecule has 0 heterocycles. The lowest BCUT2D eigenvalue weighted by molar-refractivity contribution is 0.121. The molecule has 22 heavy (non-hydrogen) atoms. The molecule has 3 unspecified atom stereocenters. The smallest absolute Gasteiger partial charge is 0.315 e. The molecule has 3 N–H and O–H groups in total. The fraction of sp³-hybridized carbons (Fsp3) is 0.588. The highest BCUT2D eigenvalue weighted by atomic mass is 19.1. The number of nitrogens with one attached hydrogen (secondary N) is 2. The van der Waals surface area contributed by atoms with Gasteiger partial charge in [-0.3, -0.25) is 0 Å². The number of urea groups is 1. The Morgan fingerprint density at radius 2 is 2.27 bits per heavy atom. The van der Waals surface area contributed by atoms with E-state index in [9.17, 15) is 14.3 Å². The molecule has 122 valence electrons. The van der Waals surface area contributed by atoms with Crippen LogP contribution in [0.25, 0.3) is 0 Å². The first-order valence-electron chi connectivity index (χ1n) is 7.79. The second kappa shape index (κ2) is 6.65. The van der Waals surface area contributed by atoms with Crippen molar-refractivity contribution < 1.29 is 14.3 Å². The van der Waals surface area contributed by atoms with Gasteiger partial charge in [0.1, 0.15) is 5.82 Å². The van der Waals surface area contributed by atoms with Gasteiger partial charge in [-0.05, 0) is 43.9 Å². The van der Waals surface area contributed by atoms with Crippen LogP contribution in [-0.2, 0) is 0 Å². The van der Waals surface area contributed by atoms with Crippen molar-refractivity contribution in [3.8, 4) is 0 Å². The van der Waals surface area contributed by atoms with Crippen molar-refractivity contribution in [1.29, 1.82) is 0 Å². The lowest BCUT2D eigenvalue weighted by atomic mass is 9.86. The Morgan fingerprint density at radius 3 is 2.91 bits per heavy atom. The third kappa shape index (κ3) is 3.58. The van der Waals surface area contributed by atoms with Crippen molar-refractivity contribution in [2.45, 2.75) is 52.1 Å². The molecule has 1 aliphatic carbocycles. The average Bonchev–Trinajstić information content (AvgIpc) is 2.83. The lowest BCUT2D eigenvalue weighted by Crippen LogP contribution is -2.49. The van der Waals surface area contributed by atoms with Crippen molar-refractivity contribution >= 4 is 6.03 Å². The molecule has 5 heteroatoms. The molecule has 1 aromatic carbocycles. The maximum atomic E-state index is 13.6. The quantitative estimate of drug-likeness (QED) is 0.800. The van der Waals surface area contributed by atoms with Crippen LogP contribution in [0.5, 0.6) is 0 Å². The van der Waals surface area contributed by atoms with E-state index in [-0.39, 0.29) is 36.0 Å². The maximum Gasteiger partial charge on any atom is 0.315 e. The number of carbonyl (C=O) groups is 1. The number of aryl methyl sites for hydroxylation is 1. The molecule has 0 saturated heterocycles. The minimum absolute atomic E-state index is 0.0283. The molecule has 1 saturated carbocycles. The molecule has 2 amide bonds. The summed E-state index contributed by atoms with van der Waals surface area (Å²) in [5.41, 5.74) is 1.07. The van der Waals surface area contributed by atoms with Crippen molar-refractivity contribution in [2.75, 3.05) is 6.61 Å². The topological polar surface area (TPSA) is 61.4 Å². The number of rotatable bonds is 4. The van der Waals surface area contributed by atoms with E-state index >= 15 is 0 Å². The summed E-state index contributed by atoms with van der Waals surface area (Å²) in [7, 11) is 0. The standard InChI is InChI=1S/C17H25FN2O2/c1-11-6-7-13(9-14(11)18)12(2)19-16(22)20-15-5-4-8-17(15,3)10-21/h6-7,9,12,15,21H,4-5,8,10H2,1-3H3,(H2,19,20,22). The number of benzene rings is 1. The van der Waals surface area contributed by atoms with E-state index in [0.717, 1.165) is 24.8 Å². The third-order valence-corrected chi connectivity index (χ3v) is 4.79. The molecule has 4 nitrogen and oxygen atoms in total. The van der Waals surface area contributed by atoms with E-state index in [1.807, 2.05) is 19.9 Å². The fourth-order valence-corrected chi connectivity index (χ4v) is 3.03. The van der Waals surface area contributed by atoms with Crippen molar-refractivity contribution in [1.82, 2.24) is 10.6 Å². The zero-order valence-electron chi connectivity index (χ0n) is 13.4. The van der Waals surface area contributed by atoms with E-state index in [1.165, 1.54) is 6.07 Å². The van der Waals surface area contributed by atoms with E-state index in [1.54, 1.807) is 13.0 Å². The summed E-state index contributed by atoms with van der Waals surface area (Å²) in [4.78, 5) is 12.1. The summed E-state index contributed by atoms with van der Waals surface area (Å²) in [6, 6.07) is 4.39. The summed E-state index contributed by atoms with van der Waals surface area (Å²) < 4.78 is 13.6. The Hall–Kier alpha value is -1.62. The Bertz CT molecular complexity index is 549. The van der Waals surface area contributed by atoms with Crippen LogP contribution in [0, 0.1) is 18.2 Å². The van der Waals surface area contributed by atoms with Crippen molar-refractivity contribution in [2.24, 2.45) is 5.41 Å². The summed E-state index contributed by atoms with van der Waals surface area (Å²) in [6.07, 6.45) is 2.78. The first-order valence-corrected chi connectivity index (χ1v) is 7.79. The number of amides is 2. The van der Waals surface area contributed by atoms with Crippen molar-refractivity contribution in [3.63, 3.8) is 0 Å². The first kappa shape index (κ1) is 16.7. The average molecular weight is 308 g/mol. The van der Waals surface area contributed by atoms with Crippen LogP contribution >= 0.6 is 0 Å². The minimum atomic E-state index is -0.281. The lowest BCUT2D eigenvalue weighted by Gasteiger charge is -2.30. The number of aliphatic hydroxyl groups excluding tert-OH is 1. The highest BCUT2D eigenvalue weighted by Gasteiger charge is 2.39. The predicted octanol–water partition coefficient (Wildman–Crippen LogP) is 3.05. The molecule has 0 aliphatic heterocycles. The van der Waals surface area contributed by atoms with E-state index in [0.29, 0.717) is 5.56 Å². The molecule has 0 bridgehead atoms. The molecule has 0 aromatic heterocycles. The number of hydrogen-bond donors (Lipinski definition) is 3. The van der Waals surface area contributed by atoms with Crippen LogP contribution in [0.4, 0.5) is 9.18 Å². The van der Waals surface area contributed by atoms with Gasteiger partial charge < -0.3 is 15.7 Å². The Kier molecular flexibility index (Phi) is 5.06. The molecule has 0 spiro atoms. The summed E-state index contributed by atoms with van der Waals surface area (Å²) >= 11 is 0. The molecule has 1 aliphatic rings. The van der Waals surface area contributed by atoms with E-state index in [2.05, 4.69) is 10.6 Å². The van der Waals surface area contributed by atoms with Gasteiger partial charge in [-0.15, -0.1) is 0 Å². The minimum Gasteiger partial charge on any atom is -0.396 e. The van der Waals surface area contributed by atoms with Crippen LogP contribution in [0.15, 0.2) is 18.2 Å². The molecule has 3 atom stereocenters. The summed E-state index contributed by atoms with van der Waals surface area (Å²) in [5, 5.41) is 15.3. The van der Waals surface area contributed by atoms with E-state index < -0.39 is 0 Å². The second-order valence-electron chi connectivity index (χ2n) is 6.61. The number of hydrogen-bond acceptors (Lipinski definition) is 2. The number of halogens is 1. The van der Waals surface area contributed by atoms with Gasteiger partial charge >= 0.3 is 6.03 Å². The van der Waals surface area contributed by atoms with Crippen LogP contribution in [0.2, 0.25) is 0 Å². The van der Waals surface area contributed by atoms with Gasteiger partial charge in [-0.25, -0.2) is 9.18 Å². The van der Waals surface area contributed by atoms with Crippen LogP contribution in [0.1, 0.15) is 50.3 Å². The molecular weight excluding hydrogens is 283 g/mol. The molecular formula is C17H25FN2O2. The zero-order valence-corrected chi connectivity index (χ0v) is 13.4. The van der Waals surface area contributed by atoms with Crippen LogP contribution in [-0.4, -0.2) is 23.8 Å². The van der Waals surface area contributed by atoms with Gasteiger partial charge in [0.05, 0.1) is 12.6 Å². The second-order valence-corrected chi connectivity index (χ2v) is 6.61. The van der Waals surface area contributed by atoms with E-state index in [4.69, 9.17) is 0 Å². The normalized spacial score (nSPS) is 25.8. The largest absolute Gasteiger partial charge is 0.396 e. The highest BCUT2D eigenvalue weighted by molar-refractivity contribution is 5.75.